The molecule has 0 bridgehead atoms. The van der Waals surface area contributed by atoms with Crippen LogP contribution in [0.2, 0.25) is 5.02 Å². The van der Waals surface area contributed by atoms with Crippen molar-refractivity contribution >= 4 is 11.6 Å². The summed E-state index contributed by atoms with van der Waals surface area (Å²) < 4.78 is 11.2. The first-order valence-electron chi connectivity index (χ1n) is 6.42. The molecule has 0 aliphatic rings. The number of ether oxygens (including phenoxy) is 2. The van der Waals surface area contributed by atoms with Crippen LogP contribution >= 0.6 is 11.6 Å². The van der Waals surface area contributed by atoms with Crippen molar-refractivity contribution in [3.63, 3.8) is 0 Å². The van der Waals surface area contributed by atoms with E-state index in [0.717, 1.165) is 17.7 Å². The first-order chi connectivity index (χ1) is 9.74. The third-order valence-corrected chi connectivity index (χ3v) is 3.18. The van der Waals surface area contributed by atoms with Gasteiger partial charge in [-0.2, -0.15) is 0 Å². The van der Waals surface area contributed by atoms with Crippen molar-refractivity contribution in [2.24, 2.45) is 0 Å². The van der Waals surface area contributed by atoms with Crippen LogP contribution in [0.4, 0.5) is 0 Å². The smallest absolute Gasteiger partial charge is 0.180 e. The average molecular weight is 292 g/mol. The van der Waals surface area contributed by atoms with Gasteiger partial charge in [0.15, 0.2) is 11.5 Å². The number of halogens is 1. The molecule has 0 unspecified atom stereocenters. The van der Waals surface area contributed by atoms with Crippen LogP contribution in [0.5, 0.6) is 11.5 Å². The minimum Gasteiger partial charge on any atom is -0.493 e. The van der Waals surface area contributed by atoms with Gasteiger partial charge >= 0.3 is 0 Å². The minimum absolute atomic E-state index is 0.461. The Balaban J connectivity index is 2.18. The number of nitrogens with one attached hydrogen (secondary N) is 1. The lowest BCUT2D eigenvalue weighted by atomic mass is 10.2. The normalized spacial score (nSPS) is 10.3. The van der Waals surface area contributed by atoms with Gasteiger partial charge in [-0.25, -0.2) is 0 Å². The SMILES string of the molecule is CNCc1cc(Cl)c(OCc2ccccc2)c(OC)c1. The first kappa shape index (κ1) is 14.7. The average Bonchev–Trinajstić information content (AvgIpc) is 2.47. The van der Waals surface area contributed by atoms with E-state index >= 15 is 0 Å². The standard InChI is InChI=1S/C16H18ClNO2/c1-18-10-13-8-14(17)16(15(9-13)19-2)20-11-12-6-4-3-5-7-12/h3-9,18H,10-11H2,1-2H3. The highest BCUT2D eigenvalue weighted by Crippen LogP contribution is 2.36. The van der Waals surface area contributed by atoms with E-state index in [1.54, 1.807) is 7.11 Å². The summed E-state index contributed by atoms with van der Waals surface area (Å²) in [5.74, 6) is 1.23. The predicted octanol–water partition coefficient (Wildman–Crippen LogP) is 3.65. The zero-order chi connectivity index (χ0) is 14.4. The molecular weight excluding hydrogens is 274 g/mol. The van der Waals surface area contributed by atoms with E-state index in [9.17, 15) is 0 Å². The molecule has 0 aliphatic heterocycles. The van der Waals surface area contributed by atoms with Crippen LogP contribution in [0.25, 0.3) is 0 Å². The molecular formula is C16H18ClNO2. The molecule has 0 atom stereocenters. The molecule has 0 spiro atoms. The number of hydrogen-bond donors (Lipinski definition) is 1. The number of benzene rings is 2. The Morgan fingerprint density at radius 3 is 2.50 bits per heavy atom. The number of methoxy groups -OCH3 is 1. The second-order valence-corrected chi connectivity index (χ2v) is 4.82. The molecule has 0 heterocycles. The van der Waals surface area contributed by atoms with Crippen LogP contribution in [0, 0.1) is 0 Å². The maximum atomic E-state index is 6.28. The Hall–Kier alpha value is -1.71. The molecule has 0 saturated carbocycles. The Morgan fingerprint density at radius 1 is 1.10 bits per heavy atom. The quantitative estimate of drug-likeness (QED) is 0.881. The summed E-state index contributed by atoms with van der Waals surface area (Å²) in [4.78, 5) is 0. The fourth-order valence-electron chi connectivity index (χ4n) is 1.95. The number of hydrogen-bond acceptors (Lipinski definition) is 3. The summed E-state index contributed by atoms with van der Waals surface area (Å²) in [7, 11) is 3.50. The molecule has 0 aliphatic carbocycles. The highest BCUT2D eigenvalue weighted by Gasteiger charge is 2.12. The van der Waals surface area contributed by atoms with Crippen molar-refractivity contribution in [1.82, 2.24) is 5.32 Å². The van der Waals surface area contributed by atoms with Gasteiger partial charge in [0.25, 0.3) is 0 Å². The van der Waals surface area contributed by atoms with Crippen molar-refractivity contribution in [1.29, 1.82) is 0 Å². The van der Waals surface area contributed by atoms with Gasteiger partial charge in [0.2, 0.25) is 0 Å². The van der Waals surface area contributed by atoms with Gasteiger partial charge in [0, 0.05) is 6.54 Å². The van der Waals surface area contributed by atoms with E-state index in [2.05, 4.69) is 5.32 Å². The van der Waals surface area contributed by atoms with E-state index in [1.165, 1.54) is 0 Å². The molecule has 0 saturated heterocycles. The van der Waals surface area contributed by atoms with Crippen LogP contribution in [0.3, 0.4) is 0 Å². The van der Waals surface area contributed by atoms with Gasteiger partial charge in [0.05, 0.1) is 12.1 Å². The van der Waals surface area contributed by atoms with Gasteiger partial charge in [-0.3, -0.25) is 0 Å². The van der Waals surface area contributed by atoms with E-state index in [4.69, 9.17) is 21.1 Å². The molecule has 0 radical (unpaired) electrons. The Kier molecular flexibility index (Phi) is 5.27. The van der Waals surface area contributed by atoms with E-state index < -0.39 is 0 Å². The molecule has 20 heavy (non-hydrogen) atoms. The third kappa shape index (κ3) is 3.65. The Morgan fingerprint density at radius 2 is 1.85 bits per heavy atom. The lowest BCUT2D eigenvalue weighted by Crippen LogP contribution is -2.06. The van der Waals surface area contributed by atoms with Gasteiger partial charge in [-0.05, 0) is 30.3 Å². The van der Waals surface area contributed by atoms with E-state index in [-0.39, 0.29) is 0 Å². The maximum Gasteiger partial charge on any atom is 0.180 e. The zero-order valence-electron chi connectivity index (χ0n) is 11.7. The second kappa shape index (κ2) is 7.17. The first-order valence-corrected chi connectivity index (χ1v) is 6.80. The molecule has 3 nitrogen and oxygen atoms in total. The van der Waals surface area contributed by atoms with Crippen molar-refractivity contribution < 1.29 is 9.47 Å². The molecule has 106 valence electrons. The summed E-state index contributed by atoms with van der Waals surface area (Å²) in [5.41, 5.74) is 2.14. The summed E-state index contributed by atoms with van der Waals surface area (Å²) in [6.45, 7) is 1.19. The highest BCUT2D eigenvalue weighted by atomic mass is 35.5. The van der Waals surface area contributed by atoms with Crippen LogP contribution in [-0.2, 0) is 13.2 Å². The maximum absolute atomic E-state index is 6.28. The fourth-order valence-corrected chi connectivity index (χ4v) is 2.24. The summed E-state index contributed by atoms with van der Waals surface area (Å²) in [6, 6.07) is 13.8. The summed E-state index contributed by atoms with van der Waals surface area (Å²) in [5, 5.41) is 3.65. The summed E-state index contributed by atoms with van der Waals surface area (Å²) >= 11 is 6.28. The van der Waals surface area contributed by atoms with Gasteiger partial charge < -0.3 is 14.8 Å². The zero-order valence-corrected chi connectivity index (χ0v) is 12.4. The third-order valence-electron chi connectivity index (χ3n) is 2.90. The monoisotopic (exact) mass is 291 g/mol. The molecule has 4 heteroatoms. The Labute approximate surface area is 124 Å². The van der Waals surface area contributed by atoms with E-state index in [1.807, 2.05) is 49.5 Å². The highest BCUT2D eigenvalue weighted by molar-refractivity contribution is 6.32. The van der Waals surface area contributed by atoms with Gasteiger partial charge in [0.1, 0.15) is 6.61 Å². The second-order valence-electron chi connectivity index (χ2n) is 4.41. The molecule has 2 aromatic carbocycles. The van der Waals surface area contributed by atoms with Crippen LogP contribution in [0.15, 0.2) is 42.5 Å². The van der Waals surface area contributed by atoms with Crippen molar-refractivity contribution in [3.05, 3.63) is 58.6 Å². The van der Waals surface area contributed by atoms with Crippen LogP contribution in [0.1, 0.15) is 11.1 Å². The molecule has 2 rings (SSSR count). The Bertz CT molecular complexity index is 558. The fraction of sp³-hybridized carbons (Fsp3) is 0.250. The molecule has 1 N–H and O–H groups in total. The van der Waals surface area contributed by atoms with Gasteiger partial charge in [-0.1, -0.05) is 41.9 Å². The molecule has 0 fully saturated rings. The van der Waals surface area contributed by atoms with Crippen molar-refractivity contribution in [3.8, 4) is 11.5 Å². The predicted molar refractivity (Wildman–Crippen MR) is 81.5 cm³/mol. The topological polar surface area (TPSA) is 30.5 Å². The molecule has 0 amide bonds. The molecule has 2 aromatic rings. The molecule has 0 aromatic heterocycles. The van der Waals surface area contributed by atoms with Gasteiger partial charge in [-0.15, -0.1) is 0 Å². The van der Waals surface area contributed by atoms with Crippen LogP contribution < -0.4 is 14.8 Å². The summed E-state index contributed by atoms with van der Waals surface area (Å²) in [6.07, 6.45) is 0. The van der Waals surface area contributed by atoms with Crippen molar-refractivity contribution in [2.75, 3.05) is 14.2 Å². The van der Waals surface area contributed by atoms with Crippen LogP contribution in [-0.4, -0.2) is 14.2 Å². The largest absolute Gasteiger partial charge is 0.493 e. The lowest BCUT2D eigenvalue weighted by molar-refractivity contribution is 0.284. The van der Waals surface area contributed by atoms with E-state index in [0.29, 0.717) is 23.1 Å². The number of rotatable bonds is 6. The lowest BCUT2D eigenvalue weighted by Gasteiger charge is -2.14. The van der Waals surface area contributed by atoms with Crippen molar-refractivity contribution in [2.45, 2.75) is 13.2 Å². The minimum atomic E-state index is 0.461.